The lowest BCUT2D eigenvalue weighted by molar-refractivity contribution is 0.0647. The van der Waals surface area contributed by atoms with Crippen molar-refractivity contribution in [2.24, 2.45) is 0 Å². The highest BCUT2D eigenvalue weighted by Gasteiger charge is 2.27. The number of benzene rings is 1. The molecule has 1 saturated heterocycles. The van der Waals surface area contributed by atoms with Crippen LogP contribution in [0.25, 0.3) is 11.3 Å². The van der Waals surface area contributed by atoms with Crippen molar-refractivity contribution in [1.29, 1.82) is 0 Å². The number of aromatic nitrogens is 3. The van der Waals surface area contributed by atoms with E-state index in [1.54, 1.807) is 46.0 Å². The molecule has 2 aromatic heterocycles. The van der Waals surface area contributed by atoms with Gasteiger partial charge in [0.05, 0.1) is 5.69 Å². The van der Waals surface area contributed by atoms with Crippen molar-refractivity contribution in [2.75, 3.05) is 13.1 Å². The summed E-state index contributed by atoms with van der Waals surface area (Å²) in [6, 6.07) is 11.0. The van der Waals surface area contributed by atoms with Gasteiger partial charge in [-0.15, -0.1) is 0 Å². The number of amides is 1. The van der Waals surface area contributed by atoms with Crippen LogP contribution in [0.5, 0.6) is 0 Å². The van der Waals surface area contributed by atoms with E-state index in [2.05, 4.69) is 10.2 Å². The van der Waals surface area contributed by atoms with Crippen LogP contribution in [0, 0.1) is 5.82 Å². The Kier molecular flexibility index (Phi) is 4.68. The highest BCUT2D eigenvalue weighted by molar-refractivity contribution is 5.93. The average molecular weight is 382 g/mol. The normalized spacial score (nSPS) is 15.0. The fourth-order valence-corrected chi connectivity index (χ4v) is 3.61. The molecule has 3 heterocycles. The minimum atomic E-state index is -0.950. The number of nitrogens with one attached hydrogen (secondary N) is 1. The number of carboxylic acids is 1. The number of carbonyl (C=O) groups is 2. The summed E-state index contributed by atoms with van der Waals surface area (Å²) < 4.78 is 14.8. The Morgan fingerprint density at radius 1 is 1.14 bits per heavy atom. The lowest BCUT2D eigenvalue weighted by Gasteiger charge is -2.33. The Bertz CT molecular complexity index is 1000. The van der Waals surface area contributed by atoms with Gasteiger partial charge < -0.3 is 14.6 Å². The lowest BCUT2D eigenvalue weighted by Crippen LogP contribution is -2.39. The summed E-state index contributed by atoms with van der Waals surface area (Å²) in [4.78, 5) is 25.8. The number of halogens is 1. The molecule has 0 bridgehead atoms. The molecule has 0 radical (unpaired) electrons. The zero-order chi connectivity index (χ0) is 19.7. The van der Waals surface area contributed by atoms with E-state index < -0.39 is 5.97 Å². The van der Waals surface area contributed by atoms with Gasteiger partial charge in [-0.3, -0.25) is 9.89 Å². The van der Waals surface area contributed by atoms with Gasteiger partial charge in [0, 0.05) is 30.9 Å². The van der Waals surface area contributed by atoms with Crippen molar-refractivity contribution < 1.29 is 19.1 Å². The summed E-state index contributed by atoms with van der Waals surface area (Å²) in [5, 5.41) is 16.2. The molecule has 3 aromatic rings. The van der Waals surface area contributed by atoms with Gasteiger partial charge in [0.1, 0.15) is 17.2 Å². The fourth-order valence-electron chi connectivity index (χ4n) is 3.61. The van der Waals surface area contributed by atoms with E-state index >= 15 is 0 Å². The van der Waals surface area contributed by atoms with E-state index in [0.717, 1.165) is 5.56 Å². The van der Waals surface area contributed by atoms with Crippen LogP contribution < -0.4 is 0 Å². The minimum absolute atomic E-state index is 0.0571. The number of nitrogens with zero attached hydrogens (tertiary/aromatic N) is 3. The van der Waals surface area contributed by atoms with Crippen molar-refractivity contribution in [3.63, 3.8) is 0 Å². The number of hydrogen-bond acceptors (Lipinski definition) is 3. The molecule has 0 atom stereocenters. The molecule has 144 valence electrons. The Balaban J connectivity index is 1.42. The van der Waals surface area contributed by atoms with Gasteiger partial charge in [-0.05, 0) is 55.3 Å². The van der Waals surface area contributed by atoms with Crippen molar-refractivity contribution >= 4 is 11.9 Å². The van der Waals surface area contributed by atoms with E-state index in [1.165, 1.54) is 12.1 Å². The van der Waals surface area contributed by atoms with Gasteiger partial charge in [0.25, 0.3) is 5.91 Å². The van der Waals surface area contributed by atoms with Gasteiger partial charge >= 0.3 is 5.97 Å². The van der Waals surface area contributed by atoms with Crippen LogP contribution in [0.1, 0.15) is 39.9 Å². The number of H-pyrrole nitrogens is 1. The van der Waals surface area contributed by atoms with Gasteiger partial charge in [0.15, 0.2) is 0 Å². The molecule has 28 heavy (non-hydrogen) atoms. The van der Waals surface area contributed by atoms with Crippen molar-refractivity contribution in [3.05, 3.63) is 65.9 Å². The number of hydrogen-bond donors (Lipinski definition) is 2. The first-order valence-electron chi connectivity index (χ1n) is 9.03. The van der Waals surface area contributed by atoms with Crippen LogP contribution in [0.4, 0.5) is 4.39 Å². The topological polar surface area (TPSA) is 91.2 Å². The SMILES string of the molecule is O=C(O)c1cccn1C1CCN(C(=O)c2cc(-c3ccc(F)cc3)n[nH]2)CC1. The molecule has 0 aliphatic carbocycles. The Morgan fingerprint density at radius 2 is 1.86 bits per heavy atom. The molecule has 2 N–H and O–H groups in total. The second kappa shape index (κ2) is 7.30. The molecule has 0 spiro atoms. The van der Waals surface area contributed by atoms with E-state index in [4.69, 9.17) is 0 Å². The zero-order valence-electron chi connectivity index (χ0n) is 15.0. The van der Waals surface area contributed by atoms with Gasteiger partial charge in [-0.2, -0.15) is 5.10 Å². The molecule has 1 fully saturated rings. The highest BCUT2D eigenvalue weighted by atomic mass is 19.1. The van der Waals surface area contributed by atoms with Crippen LogP contribution in [0.15, 0.2) is 48.7 Å². The maximum atomic E-state index is 13.1. The van der Waals surface area contributed by atoms with E-state index in [9.17, 15) is 19.1 Å². The standard InChI is InChI=1S/C20H19FN4O3/c21-14-5-3-13(4-6-14)16-12-17(23-22-16)19(26)24-10-7-15(8-11-24)25-9-1-2-18(25)20(27)28/h1-6,9,12,15H,7-8,10-11H2,(H,22,23)(H,27,28). The van der Waals surface area contributed by atoms with E-state index in [0.29, 0.717) is 37.3 Å². The third-order valence-corrected chi connectivity index (χ3v) is 5.09. The number of carboxylic acid groups (broad SMARTS) is 1. The van der Waals surface area contributed by atoms with Crippen LogP contribution in [-0.2, 0) is 0 Å². The van der Waals surface area contributed by atoms with Gasteiger partial charge in [-0.1, -0.05) is 0 Å². The summed E-state index contributed by atoms with van der Waals surface area (Å²) in [5.74, 6) is -1.42. The van der Waals surface area contributed by atoms with E-state index in [1.807, 2.05) is 0 Å². The number of rotatable bonds is 4. The first kappa shape index (κ1) is 18.0. The summed E-state index contributed by atoms with van der Waals surface area (Å²) in [6.07, 6.45) is 3.13. The zero-order valence-corrected chi connectivity index (χ0v) is 15.0. The first-order valence-corrected chi connectivity index (χ1v) is 9.03. The first-order chi connectivity index (χ1) is 13.5. The molecule has 0 unspecified atom stereocenters. The average Bonchev–Trinajstić information content (AvgIpc) is 3.38. The molecule has 7 nitrogen and oxygen atoms in total. The molecule has 1 aromatic carbocycles. The Morgan fingerprint density at radius 3 is 2.54 bits per heavy atom. The van der Waals surface area contributed by atoms with Crippen LogP contribution >= 0.6 is 0 Å². The summed E-state index contributed by atoms with van der Waals surface area (Å²) in [7, 11) is 0. The number of piperidine rings is 1. The smallest absolute Gasteiger partial charge is 0.352 e. The van der Waals surface area contributed by atoms with Crippen LogP contribution in [0.3, 0.4) is 0 Å². The number of aromatic amines is 1. The Hall–Kier alpha value is -3.42. The summed E-state index contributed by atoms with van der Waals surface area (Å²) in [5.41, 5.74) is 1.95. The van der Waals surface area contributed by atoms with Crippen molar-refractivity contribution in [2.45, 2.75) is 18.9 Å². The monoisotopic (exact) mass is 382 g/mol. The molecule has 1 aliphatic rings. The third-order valence-electron chi connectivity index (χ3n) is 5.09. The maximum absolute atomic E-state index is 13.1. The van der Waals surface area contributed by atoms with Crippen LogP contribution in [-0.4, -0.2) is 49.7 Å². The number of aromatic carboxylic acids is 1. The second-order valence-electron chi connectivity index (χ2n) is 6.80. The lowest BCUT2D eigenvalue weighted by atomic mass is 10.0. The van der Waals surface area contributed by atoms with Gasteiger partial charge in [0.2, 0.25) is 0 Å². The molecule has 0 saturated carbocycles. The quantitative estimate of drug-likeness (QED) is 0.725. The summed E-state index contributed by atoms with van der Waals surface area (Å²) in [6.45, 7) is 1.07. The summed E-state index contributed by atoms with van der Waals surface area (Å²) >= 11 is 0. The van der Waals surface area contributed by atoms with Gasteiger partial charge in [-0.25, -0.2) is 9.18 Å². The number of likely N-dealkylation sites (tertiary alicyclic amines) is 1. The highest BCUT2D eigenvalue weighted by Crippen LogP contribution is 2.26. The predicted octanol–water partition coefficient (Wildman–Crippen LogP) is 3.19. The third kappa shape index (κ3) is 3.40. The molecule has 1 amide bonds. The molecular formula is C20H19FN4O3. The predicted molar refractivity (Wildman–Crippen MR) is 99.5 cm³/mol. The van der Waals surface area contributed by atoms with Crippen LogP contribution in [0.2, 0.25) is 0 Å². The largest absolute Gasteiger partial charge is 0.477 e. The molecule has 4 rings (SSSR count). The fraction of sp³-hybridized carbons (Fsp3) is 0.250. The molecule has 1 aliphatic heterocycles. The Labute approximate surface area is 160 Å². The molecular weight excluding hydrogens is 363 g/mol. The maximum Gasteiger partial charge on any atom is 0.352 e. The van der Waals surface area contributed by atoms with Crippen molar-refractivity contribution in [3.8, 4) is 11.3 Å². The minimum Gasteiger partial charge on any atom is -0.477 e. The van der Waals surface area contributed by atoms with Crippen molar-refractivity contribution in [1.82, 2.24) is 19.7 Å². The second-order valence-corrected chi connectivity index (χ2v) is 6.80. The number of carbonyl (C=O) groups excluding carboxylic acids is 1. The van der Waals surface area contributed by atoms with E-state index in [-0.39, 0.29) is 23.5 Å². The molecule has 8 heteroatoms.